The Hall–Kier alpha value is -4.00. The van der Waals surface area contributed by atoms with Crippen molar-refractivity contribution in [1.29, 1.82) is 0 Å². The first-order valence-electron chi connectivity index (χ1n) is 9.95. The number of ether oxygens (including phenoxy) is 1. The number of fused-ring (bicyclic) bond motifs is 2. The molecule has 0 amide bonds. The zero-order chi connectivity index (χ0) is 21.4. The number of aryl methyl sites for hydroxylation is 1. The quantitative estimate of drug-likeness (QED) is 0.451. The minimum atomic E-state index is 0.695. The molecular weight excluding hydrogens is 385 g/mol. The Morgan fingerprint density at radius 3 is 2.65 bits per heavy atom. The molecule has 0 spiro atoms. The van der Waals surface area contributed by atoms with Crippen LogP contribution in [0.15, 0.2) is 67.0 Å². The van der Waals surface area contributed by atoms with Crippen molar-refractivity contribution in [2.45, 2.75) is 6.92 Å². The van der Waals surface area contributed by atoms with Gasteiger partial charge in [0.1, 0.15) is 0 Å². The Balaban J connectivity index is 1.56. The van der Waals surface area contributed by atoms with E-state index in [1.165, 1.54) is 0 Å². The van der Waals surface area contributed by atoms with Gasteiger partial charge in [-0.3, -0.25) is 0 Å². The van der Waals surface area contributed by atoms with E-state index in [-0.39, 0.29) is 0 Å². The molecule has 0 aliphatic heterocycles. The van der Waals surface area contributed by atoms with Crippen LogP contribution in [0.4, 0.5) is 11.5 Å². The Kier molecular flexibility index (Phi) is 4.71. The number of anilines is 2. The fourth-order valence-corrected chi connectivity index (χ4v) is 3.88. The van der Waals surface area contributed by atoms with Gasteiger partial charge in [-0.25, -0.2) is 0 Å². The number of benzene rings is 3. The molecule has 0 saturated carbocycles. The summed E-state index contributed by atoms with van der Waals surface area (Å²) in [6.07, 6.45) is 1.83. The predicted molar refractivity (Wildman–Crippen MR) is 128 cm³/mol. The molecule has 0 aliphatic rings. The van der Waals surface area contributed by atoms with Crippen LogP contribution in [0.3, 0.4) is 0 Å². The molecule has 2 heterocycles. The van der Waals surface area contributed by atoms with Crippen molar-refractivity contribution in [3.05, 3.63) is 72.6 Å². The van der Waals surface area contributed by atoms with Crippen LogP contribution in [0.5, 0.6) is 5.75 Å². The summed E-state index contributed by atoms with van der Waals surface area (Å²) in [7, 11) is 1.68. The zero-order valence-electron chi connectivity index (χ0n) is 17.3. The Morgan fingerprint density at radius 2 is 1.84 bits per heavy atom. The van der Waals surface area contributed by atoms with Crippen molar-refractivity contribution in [1.82, 2.24) is 19.7 Å². The van der Waals surface area contributed by atoms with Crippen LogP contribution in [0, 0.1) is 6.92 Å². The number of para-hydroxylation sites is 1. The Labute approximate surface area is 180 Å². The van der Waals surface area contributed by atoms with E-state index < -0.39 is 0 Å². The van der Waals surface area contributed by atoms with Crippen molar-refractivity contribution in [2.75, 3.05) is 12.4 Å². The van der Waals surface area contributed by atoms with Crippen LogP contribution in [-0.2, 0) is 0 Å². The summed E-state index contributed by atoms with van der Waals surface area (Å²) < 4.78 is 7.64. The maximum atomic E-state index is 5.58. The van der Waals surface area contributed by atoms with E-state index in [9.17, 15) is 0 Å². The third-order valence-corrected chi connectivity index (χ3v) is 5.38. The molecule has 0 aliphatic carbocycles. The van der Waals surface area contributed by atoms with Gasteiger partial charge in [-0.05, 0) is 13.0 Å². The molecule has 0 saturated heterocycles. The second kappa shape index (κ2) is 7.68. The average Bonchev–Trinajstić information content (AvgIpc) is 3.22. The monoisotopic (exact) mass is 405 g/mol. The Morgan fingerprint density at radius 1 is 1.00 bits per heavy atom. The van der Waals surface area contributed by atoms with Crippen LogP contribution < -0.4 is 15.6 Å². The summed E-state index contributed by atoms with van der Waals surface area (Å²) in [5, 5.41) is 14.0. The summed E-state index contributed by atoms with van der Waals surface area (Å²) in [5.74, 6) is 1.51. The van der Waals surface area contributed by atoms with Gasteiger partial charge in [0.15, 0.2) is 0 Å². The molecule has 3 aromatic carbocycles. The van der Waals surface area contributed by atoms with E-state index in [1.807, 2.05) is 60.9 Å². The number of imidazole rings is 1. The van der Waals surface area contributed by atoms with Gasteiger partial charge in [-0.1, -0.05) is 12.1 Å². The third-order valence-electron chi connectivity index (χ3n) is 5.38. The molecule has 31 heavy (non-hydrogen) atoms. The van der Waals surface area contributed by atoms with Crippen LogP contribution in [-0.4, -0.2) is 40.2 Å². The van der Waals surface area contributed by atoms with Gasteiger partial charge in [-0.2, -0.15) is 0 Å². The fourth-order valence-electron chi connectivity index (χ4n) is 3.88. The van der Waals surface area contributed by atoms with Crippen LogP contribution >= 0.6 is 0 Å². The van der Waals surface area contributed by atoms with Gasteiger partial charge in [0.2, 0.25) is 0 Å². The van der Waals surface area contributed by atoms with Crippen LogP contribution in [0.2, 0.25) is 0 Å². The summed E-state index contributed by atoms with van der Waals surface area (Å²) in [6.45, 7) is 7.62. The van der Waals surface area contributed by atoms with E-state index >= 15 is 0 Å². The van der Waals surface area contributed by atoms with Gasteiger partial charge >= 0.3 is 143 Å². The van der Waals surface area contributed by atoms with E-state index in [4.69, 9.17) is 4.74 Å². The van der Waals surface area contributed by atoms with Crippen molar-refractivity contribution in [3.63, 3.8) is 0 Å². The second-order valence-electron chi connectivity index (χ2n) is 7.25. The van der Waals surface area contributed by atoms with E-state index in [0.29, 0.717) is 5.82 Å². The first kappa shape index (κ1) is 19.0. The van der Waals surface area contributed by atoms with Crippen LogP contribution in [0.1, 0.15) is 5.56 Å². The number of aromatic nitrogens is 4. The standard InChI is InChI=1S/C24H20BN5O/c1-15-7-6-10-21(31-3)22(15)30-14-26-19-13-16(11-12-20(19)30)27-24-18-9-5-4-8-17(18)23(25-2)28-29-24/h4-14H,2H2,1,3H3,(H,27,29). The summed E-state index contributed by atoms with van der Waals surface area (Å²) in [6, 6.07) is 20.1. The SMILES string of the molecule is C=Bc1nnc(Nc2ccc3c(c2)ncn3-c2c(C)cccc2OC)c2ccccc12. The second-order valence-corrected chi connectivity index (χ2v) is 7.25. The molecule has 0 fully saturated rings. The minimum absolute atomic E-state index is 0.695. The fraction of sp³-hybridized carbons (Fsp3) is 0.0833. The van der Waals surface area contributed by atoms with E-state index in [1.54, 1.807) is 14.0 Å². The molecule has 2 aromatic heterocycles. The summed E-state index contributed by atoms with van der Waals surface area (Å²) >= 11 is 0. The zero-order valence-corrected chi connectivity index (χ0v) is 17.3. The van der Waals surface area contributed by atoms with Gasteiger partial charge in [0.05, 0.1) is 7.11 Å². The molecule has 0 unspecified atom stereocenters. The molecule has 6 nitrogen and oxygen atoms in total. The van der Waals surface area contributed by atoms with Crippen LogP contribution in [0.25, 0.3) is 27.5 Å². The first-order chi connectivity index (χ1) is 15.2. The van der Waals surface area contributed by atoms with Crippen molar-refractivity contribution in [3.8, 4) is 11.4 Å². The third kappa shape index (κ3) is 3.24. The number of rotatable bonds is 5. The van der Waals surface area contributed by atoms with E-state index in [2.05, 4.69) is 44.5 Å². The molecule has 150 valence electrons. The van der Waals surface area contributed by atoms with E-state index in [0.717, 1.165) is 50.1 Å². The summed E-state index contributed by atoms with van der Waals surface area (Å²) in [4.78, 5) is 4.62. The number of methoxy groups -OCH3 is 1. The number of hydrogen-bond donors (Lipinski definition) is 1. The van der Waals surface area contributed by atoms with Gasteiger partial charge < -0.3 is 4.74 Å². The van der Waals surface area contributed by atoms with Crippen molar-refractivity contribution in [2.24, 2.45) is 0 Å². The van der Waals surface area contributed by atoms with Gasteiger partial charge in [0.25, 0.3) is 0 Å². The molecule has 1 N–H and O–H groups in total. The first-order valence-corrected chi connectivity index (χ1v) is 9.95. The molecule has 0 radical (unpaired) electrons. The number of nitrogens with zero attached hydrogens (tertiary/aromatic N) is 4. The maximum absolute atomic E-state index is 5.58. The molecule has 7 heteroatoms. The number of hydrogen-bond acceptors (Lipinski definition) is 5. The topological polar surface area (TPSA) is 64.9 Å². The van der Waals surface area contributed by atoms with Crippen molar-refractivity contribution >= 4 is 52.3 Å². The normalized spacial score (nSPS) is 10.9. The van der Waals surface area contributed by atoms with Crippen molar-refractivity contribution < 1.29 is 4.74 Å². The summed E-state index contributed by atoms with van der Waals surface area (Å²) in [5.41, 5.74) is 5.63. The molecular formula is C24H20BN5O. The molecule has 5 aromatic rings. The predicted octanol–water partition coefficient (Wildman–Crippen LogP) is 3.79. The van der Waals surface area contributed by atoms with Gasteiger partial charge in [0, 0.05) is 0 Å². The molecule has 0 atom stereocenters. The Bertz CT molecular complexity index is 1440. The van der Waals surface area contributed by atoms with Gasteiger partial charge in [-0.15, -0.1) is 0 Å². The molecule has 5 rings (SSSR count). The average molecular weight is 405 g/mol. The molecule has 0 bridgehead atoms. The number of nitrogens with one attached hydrogen (secondary N) is 1.